The molecule has 1 amide bonds. The molecule has 0 atom stereocenters. The molecule has 0 fully saturated rings. The molecule has 2 aromatic carbocycles. The second-order valence-corrected chi connectivity index (χ2v) is 5.23. The van der Waals surface area contributed by atoms with E-state index >= 15 is 0 Å². The summed E-state index contributed by atoms with van der Waals surface area (Å²) in [6.07, 6.45) is 1.68. The molecule has 0 saturated heterocycles. The zero-order chi connectivity index (χ0) is 16.1. The van der Waals surface area contributed by atoms with Crippen molar-refractivity contribution in [3.05, 3.63) is 77.6 Å². The largest absolute Gasteiger partial charge is 0.471 e. The van der Waals surface area contributed by atoms with Crippen LogP contribution in [0.5, 0.6) is 5.75 Å². The van der Waals surface area contributed by atoms with Gasteiger partial charge in [-0.3, -0.25) is 4.79 Å². The number of benzene rings is 2. The molecule has 5 nitrogen and oxygen atoms in total. The molecular weight excluding hydrogens is 314 g/mol. The Morgan fingerprint density at radius 1 is 1.13 bits per heavy atom. The maximum Gasteiger partial charge on any atom is 0.276 e. The number of hydrogen-bond acceptors (Lipinski definition) is 3. The Kier molecular flexibility index (Phi) is 4.59. The van der Waals surface area contributed by atoms with E-state index in [-0.39, 0.29) is 12.6 Å². The minimum absolute atomic E-state index is 0.193. The van der Waals surface area contributed by atoms with Gasteiger partial charge < -0.3 is 10.1 Å². The van der Waals surface area contributed by atoms with Gasteiger partial charge >= 0.3 is 0 Å². The van der Waals surface area contributed by atoms with Crippen LogP contribution in [0.3, 0.4) is 0 Å². The summed E-state index contributed by atoms with van der Waals surface area (Å²) in [5.74, 6) is 0.376. The summed E-state index contributed by atoms with van der Waals surface area (Å²) in [6.45, 7) is 0.193. The molecule has 3 aromatic rings. The van der Waals surface area contributed by atoms with Gasteiger partial charge in [-0.15, -0.1) is 0 Å². The molecule has 0 unspecified atom stereocenters. The van der Waals surface area contributed by atoms with Crippen LogP contribution in [-0.4, -0.2) is 15.7 Å². The highest BCUT2D eigenvalue weighted by atomic mass is 35.5. The van der Waals surface area contributed by atoms with Crippen LogP contribution in [-0.2, 0) is 6.73 Å². The fraction of sp³-hybridized carbons (Fsp3) is 0.0588. The van der Waals surface area contributed by atoms with Gasteiger partial charge in [0.25, 0.3) is 5.91 Å². The molecule has 0 bridgehead atoms. The third-order valence-electron chi connectivity index (χ3n) is 3.06. The van der Waals surface area contributed by atoms with Gasteiger partial charge in [0.1, 0.15) is 5.75 Å². The van der Waals surface area contributed by atoms with Crippen molar-refractivity contribution in [1.29, 1.82) is 0 Å². The maximum atomic E-state index is 12.1. The molecule has 0 aliphatic heterocycles. The molecule has 0 saturated carbocycles. The van der Waals surface area contributed by atoms with E-state index in [1.54, 1.807) is 41.2 Å². The molecule has 1 heterocycles. The lowest BCUT2D eigenvalue weighted by atomic mass is 10.3. The third kappa shape index (κ3) is 4.11. The fourth-order valence-electron chi connectivity index (χ4n) is 1.97. The van der Waals surface area contributed by atoms with Gasteiger partial charge in [-0.2, -0.15) is 5.10 Å². The van der Waals surface area contributed by atoms with Crippen molar-refractivity contribution < 1.29 is 9.53 Å². The number of halogens is 1. The van der Waals surface area contributed by atoms with Crippen LogP contribution in [0.25, 0.3) is 0 Å². The van der Waals surface area contributed by atoms with Crippen molar-refractivity contribution in [3.8, 4) is 5.75 Å². The Balaban J connectivity index is 1.60. The lowest BCUT2D eigenvalue weighted by Gasteiger charge is -2.06. The Hall–Kier alpha value is -2.79. The molecule has 3 rings (SSSR count). The predicted octanol–water partition coefficient (Wildman–Crippen LogP) is 3.83. The van der Waals surface area contributed by atoms with Gasteiger partial charge in [0.05, 0.1) is 0 Å². The maximum absolute atomic E-state index is 12.1. The first-order valence-corrected chi connectivity index (χ1v) is 7.37. The smallest absolute Gasteiger partial charge is 0.276 e. The molecule has 116 valence electrons. The second kappa shape index (κ2) is 6.98. The number of nitrogens with zero attached hydrogens (tertiary/aromatic N) is 2. The van der Waals surface area contributed by atoms with Crippen LogP contribution in [0.4, 0.5) is 5.69 Å². The Morgan fingerprint density at radius 2 is 1.96 bits per heavy atom. The number of amides is 1. The van der Waals surface area contributed by atoms with E-state index in [1.165, 1.54) is 0 Å². The number of aromatic nitrogens is 2. The van der Waals surface area contributed by atoms with E-state index in [1.807, 2.05) is 30.3 Å². The highest BCUT2D eigenvalue weighted by molar-refractivity contribution is 6.30. The number of nitrogens with one attached hydrogen (secondary N) is 1. The molecule has 0 aliphatic carbocycles. The molecule has 1 N–H and O–H groups in total. The van der Waals surface area contributed by atoms with Gasteiger partial charge in [-0.05, 0) is 36.4 Å². The van der Waals surface area contributed by atoms with E-state index in [2.05, 4.69) is 10.4 Å². The topological polar surface area (TPSA) is 56.2 Å². The first-order valence-electron chi connectivity index (χ1n) is 6.99. The second-order valence-electron chi connectivity index (χ2n) is 4.79. The third-order valence-corrected chi connectivity index (χ3v) is 3.30. The summed E-state index contributed by atoms with van der Waals surface area (Å²) in [5, 5.41) is 7.57. The van der Waals surface area contributed by atoms with E-state index < -0.39 is 0 Å². The monoisotopic (exact) mass is 327 g/mol. The number of rotatable bonds is 5. The molecule has 0 aliphatic rings. The molecule has 1 aromatic heterocycles. The van der Waals surface area contributed by atoms with Crippen molar-refractivity contribution in [2.24, 2.45) is 0 Å². The predicted molar refractivity (Wildman–Crippen MR) is 88.7 cm³/mol. The van der Waals surface area contributed by atoms with Crippen LogP contribution in [0.2, 0.25) is 5.02 Å². The van der Waals surface area contributed by atoms with E-state index in [9.17, 15) is 4.79 Å². The lowest BCUT2D eigenvalue weighted by Crippen LogP contribution is -2.14. The summed E-state index contributed by atoms with van der Waals surface area (Å²) in [7, 11) is 0. The number of para-hydroxylation sites is 1. The van der Waals surface area contributed by atoms with Crippen LogP contribution in [0.1, 0.15) is 10.5 Å². The van der Waals surface area contributed by atoms with Crippen molar-refractivity contribution in [2.75, 3.05) is 5.32 Å². The van der Waals surface area contributed by atoms with E-state index in [0.29, 0.717) is 16.5 Å². The van der Waals surface area contributed by atoms with Crippen LogP contribution >= 0.6 is 11.6 Å². The van der Waals surface area contributed by atoms with Gasteiger partial charge in [-0.1, -0.05) is 35.9 Å². The fourth-order valence-corrected chi connectivity index (χ4v) is 2.15. The highest BCUT2D eigenvalue weighted by Crippen LogP contribution is 2.17. The number of anilines is 1. The summed E-state index contributed by atoms with van der Waals surface area (Å²) in [4.78, 5) is 12.1. The number of carbonyl (C=O) groups is 1. The Morgan fingerprint density at radius 3 is 2.74 bits per heavy atom. The van der Waals surface area contributed by atoms with Crippen molar-refractivity contribution in [1.82, 2.24) is 9.78 Å². The number of hydrogen-bond donors (Lipinski definition) is 1. The van der Waals surface area contributed by atoms with Crippen molar-refractivity contribution in [3.63, 3.8) is 0 Å². The zero-order valence-corrected chi connectivity index (χ0v) is 12.9. The van der Waals surface area contributed by atoms with Crippen LogP contribution in [0, 0.1) is 0 Å². The Bertz CT molecular complexity index is 802. The zero-order valence-electron chi connectivity index (χ0n) is 12.1. The van der Waals surface area contributed by atoms with Crippen molar-refractivity contribution >= 4 is 23.2 Å². The molecule has 0 radical (unpaired) electrons. The molecule has 23 heavy (non-hydrogen) atoms. The average molecular weight is 328 g/mol. The summed E-state index contributed by atoms with van der Waals surface area (Å²) < 4.78 is 7.11. The minimum Gasteiger partial charge on any atom is -0.471 e. The minimum atomic E-state index is -0.266. The number of ether oxygens (including phenoxy) is 1. The molecular formula is C17H14ClN3O2. The molecule has 0 spiro atoms. The standard InChI is InChI=1S/C17H14ClN3O2/c18-13-5-4-8-15(11-13)23-12-21-10-9-16(20-21)17(22)19-14-6-2-1-3-7-14/h1-11H,12H2,(H,19,22). The van der Waals surface area contributed by atoms with Gasteiger partial charge in [0.2, 0.25) is 0 Å². The van der Waals surface area contributed by atoms with Crippen molar-refractivity contribution in [2.45, 2.75) is 6.73 Å². The highest BCUT2D eigenvalue weighted by Gasteiger charge is 2.09. The quantitative estimate of drug-likeness (QED) is 0.775. The van der Waals surface area contributed by atoms with E-state index in [4.69, 9.17) is 16.3 Å². The van der Waals surface area contributed by atoms with E-state index in [0.717, 1.165) is 5.69 Å². The van der Waals surface area contributed by atoms with Gasteiger partial charge in [0, 0.05) is 16.9 Å². The van der Waals surface area contributed by atoms with Crippen LogP contribution < -0.4 is 10.1 Å². The van der Waals surface area contributed by atoms with Gasteiger partial charge in [0.15, 0.2) is 12.4 Å². The first-order chi connectivity index (χ1) is 11.2. The molecule has 6 heteroatoms. The lowest BCUT2D eigenvalue weighted by molar-refractivity contribution is 0.102. The SMILES string of the molecule is O=C(Nc1ccccc1)c1ccn(COc2cccc(Cl)c2)n1. The summed E-state index contributed by atoms with van der Waals surface area (Å²) in [5.41, 5.74) is 1.05. The number of carbonyl (C=O) groups excluding carboxylic acids is 1. The summed E-state index contributed by atoms with van der Waals surface area (Å²) in [6, 6.07) is 18.0. The first kappa shape index (κ1) is 15.1. The Labute approximate surface area is 138 Å². The normalized spacial score (nSPS) is 10.3. The van der Waals surface area contributed by atoms with Gasteiger partial charge in [-0.25, -0.2) is 4.68 Å². The average Bonchev–Trinajstić information content (AvgIpc) is 3.03. The van der Waals surface area contributed by atoms with Crippen LogP contribution in [0.15, 0.2) is 66.9 Å². The summed E-state index contributed by atoms with van der Waals surface area (Å²) >= 11 is 5.89.